The lowest BCUT2D eigenvalue weighted by Crippen LogP contribution is -2.34. The number of thiazole rings is 1. The quantitative estimate of drug-likeness (QED) is 0.483. The average Bonchev–Trinajstić information content (AvgIpc) is 3.15. The molecule has 1 heterocycles. The highest BCUT2D eigenvalue weighted by atomic mass is 32.2. The number of para-hydroxylation sites is 1. The first kappa shape index (κ1) is 23.2. The molecule has 7 nitrogen and oxygen atoms in total. The van der Waals surface area contributed by atoms with Gasteiger partial charge in [0.15, 0.2) is 15.0 Å². The van der Waals surface area contributed by atoms with E-state index in [1.807, 2.05) is 44.1 Å². The molecular formula is C22H27N3O4S2. The summed E-state index contributed by atoms with van der Waals surface area (Å²) in [4.78, 5) is 21.9. The lowest BCUT2D eigenvalue weighted by Gasteiger charge is -2.22. The zero-order chi connectivity index (χ0) is 22.6. The second-order valence-corrected chi connectivity index (χ2v) is 10.4. The van der Waals surface area contributed by atoms with E-state index >= 15 is 0 Å². The van der Waals surface area contributed by atoms with Crippen molar-refractivity contribution in [2.24, 2.45) is 0 Å². The molecule has 3 aromatic rings. The topological polar surface area (TPSA) is 79.8 Å². The fraction of sp³-hybridized carbons (Fsp3) is 0.364. The Morgan fingerprint density at radius 2 is 1.84 bits per heavy atom. The molecule has 0 atom stereocenters. The minimum absolute atomic E-state index is 0.0220. The fourth-order valence-corrected chi connectivity index (χ4v) is 5.13. The van der Waals surface area contributed by atoms with Crippen LogP contribution in [0.2, 0.25) is 0 Å². The predicted molar refractivity (Wildman–Crippen MR) is 125 cm³/mol. The number of ether oxygens (including phenoxy) is 1. The fourth-order valence-electron chi connectivity index (χ4n) is 3.24. The lowest BCUT2D eigenvalue weighted by atomic mass is 10.2. The minimum Gasteiger partial charge on any atom is -0.492 e. The van der Waals surface area contributed by atoms with Crippen LogP contribution in [0.3, 0.4) is 0 Å². The molecule has 166 valence electrons. The van der Waals surface area contributed by atoms with Crippen LogP contribution in [0.1, 0.15) is 23.7 Å². The predicted octanol–water partition coefficient (Wildman–Crippen LogP) is 3.70. The van der Waals surface area contributed by atoms with Gasteiger partial charge in [0.05, 0.1) is 21.8 Å². The third kappa shape index (κ3) is 5.41. The van der Waals surface area contributed by atoms with Crippen molar-refractivity contribution < 1.29 is 17.9 Å². The van der Waals surface area contributed by atoms with Crippen LogP contribution in [0.25, 0.3) is 10.2 Å². The summed E-state index contributed by atoms with van der Waals surface area (Å²) in [6.45, 7) is 3.62. The van der Waals surface area contributed by atoms with Gasteiger partial charge in [0, 0.05) is 12.8 Å². The van der Waals surface area contributed by atoms with Crippen molar-refractivity contribution in [2.75, 3.05) is 44.9 Å². The van der Waals surface area contributed by atoms with Crippen LogP contribution in [0.4, 0.5) is 5.13 Å². The molecule has 1 aromatic heterocycles. The summed E-state index contributed by atoms with van der Waals surface area (Å²) in [6.07, 6.45) is 1.83. The second kappa shape index (κ2) is 9.76. The Balaban J connectivity index is 2.06. The van der Waals surface area contributed by atoms with Crippen LogP contribution in [0.15, 0.2) is 47.4 Å². The molecule has 0 fully saturated rings. The number of aromatic nitrogens is 1. The lowest BCUT2D eigenvalue weighted by molar-refractivity contribution is 0.0983. The number of anilines is 1. The number of nitrogens with zero attached hydrogens (tertiary/aromatic N) is 3. The number of hydrogen-bond donors (Lipinski definition) is 0. The molecule has 31 heavy (non-hydrogen) atoms. The van der Waals surface area contributed by atoms with Crippen LogP contribution in [-0.2, 0) is 9.84 Å². The molecule has 0 aliphatic rings. The molecule has 0 aliphatic carbocycles. The van der Waals surface area contributed by atoms with Crippen molar-refractivity contribution in [3.05, 3.63) is 48.0 Å². The summed E-state index contributed by atoms with van der Waals surface area (Å²) in [5, 5.41) is 0.522. The van der Waals surface area contributed by atoms with E-state index < -0.39 is 9.84 Å². The number of amides is 1. The van der Waals surface area contributed by atoms with Crippen LogP contribution in [0.5, 0.6) is 5.75 Å². The van der Waals surface area contributed by atoms with E-state index in [2.05, 4.69) is 0 Å². The van der Waals surface area contributed by atoms with Crippen molar-refractivity contribution in [1.82, 2.24) is 9.88 Å². The van der Waals surface area contributed by atoms with Crippen LogP contribution >= 0.6 is 11.3 Å². The van der Waals surface area contributed by atoms with E-state index in [4.69, 9.17) is 9.72 Å². The van der Waals surface area contributed by atoms with Crippen molar-refractivity contribution in [3.8, 4) is 5.75 Å². The summed E-state index contributed by atoms with van der Waals surface area (Å²) in [7, 11) is 0.379. The molecule has 0 saturated heterocycles. The highest BCUT2D eigenvalue weighted by Gasteiger charge is 2.26. The first-order valence-corrected chi connectivity index (χ1v) is 12.7. The largest absolute Gasteiger partial charge is 0.492 e. The molecular weight excluding hydrogens is 434 g/mol. The Labute approximate surface area is 187 Å². The van der Waals surface area contributed by atoms with Crippen molar-refractivity contribution in [3.63, 3.8) is 0 Å². The summed E-state index contributed by atoms with van der Waals surface area (Å²) in [5.41, 5.74) is 0.852. The summed E-state index contributed by atoms with van der Waals surface area (Å²) in [6, 6.07) is 12.0. The number of hydrogen-bond acceptors (Lipinski definition) is 7. The van der Waals surface area contributed by atoms with Crippen LogP contribution < -0.4 is 9.64 Å². The van der Waals surface area contributed by atoms with Crippen molar-refractivity contribution in [1.29, 1.82) is 0 Å². The third-order valence-corrected chi connectivity index (χ3v) is 6.85. The zero-order valence-corrected chi connectivity index (χ0v) is 19.8. The van der Waals surface area contributed by atoms with Crippen LogP contribution in [-0.4, -0.2) is 64.3 Å². The molecule has 0 N–H and O–H groups in total. The molecule has 0 bridgehead atoms. The molecule has 2 aromatic carbocycles. The van der Waals surface area contributed by atoms with Crippen molar-refractivity contribution in [2.45, 2.75) is 18.2 Å². The number of sulfone groups is 1. The molecule has 1 amide bonds. The zero-order valence-electron chi connectivity index (χ0n) is 18.2. The minimum atomic E-state index is -3.56. The summed E-state index contributed by atoms with van der Waals surface area (Å²) in [5.74, 6) is 0.288. The smallest absolute Gasteiger partial charge is 0.261 e. The van der Waals surface area contributed by atoms with Gasteiger partial charge in [0.1, 0.15) is 11.3 Å². The first-order valence-electron chi connectivity index (χ1n) is 10.0. The molecule has 0 spiro atoms. The Morgan fingerprint density at radius 1 is 1.10 bits per heavy atom. The molecule has 3 rings (SSSR count). The molecule has 0 unspecified atom stereocenters. The summed E-state index contributed by atoms with van der Waals surface area (Å²) >= 11 is 1.39. The number of carbonyl (C=O) groups is 1. The molecule has 9 heteroatoms. The maximum atomic E-state index is 13.6. The first-order chi connectivity index (χ1) is 14.7. The molecule has 0 saturated carbocycles. The van der Waals surface area contributed by atoms with E-state index in [1.165, 1.54) is 17.4 Å². The van der Waals surface area contributed by atoms with Gasteiger partial charge in [-0.25, -0.2) is 13.4 Å². The third-order valence-electron chi connectivity index (χ3n) is 4.65. The van der Waals surface area contributed by atoms with Gasteiger partial charge in [0.2, 0.25) is 0 Å². The van der Waals surface area contributed by atoms with Gasteiger partial charge in [-0.2, -0.15) is 0 Å². The highest BCUT2D eigenvalue weighted by molar-refractivity contribution is 7.90. The average molecular weight is 462 g/mol. The van der Waals surface area contributed by atoms with Gasteiger partial charge < -0.3 is 9.64 Å². The second-order valence-electron chi connectivity index (χ2n) is 7.41. The number of carbonyl (C=O) groups excluding carboxylic acids is 1. The Kier molecular flexibility index (Phi) is 7.30. The van der Waals surface area contributed by atoms with Gasteiger partial charge >= 0.3 is 0 Å². The Bertz CT molecular complexity index is 1170. The Morgan fingerprint density at radius 3 is 2.52 bits per heavy atom. The number of rotatable bonds is 9. The van der Waals surface area contributed by atoms with Crippen molar-refractivity contribution >= 4 is 42.4 Å². The van der Waals surface area contributed by atoms with Gasteiger partial charge in [-0.3, -0.25) is 9.69 Å². The van der Waals surface area contributed by atoms with Gasteiger partial charge in [-0.15, -0.1) is 0 Å². The highest BCUT2D eigenvalue weighted by Crippen LogP contribution is 2.35. The van der Waals surface area contributed by atoms with E-state index in [1.54, 1.807) is 23.1 Å². The molecule has 0 aliphatic heterocycles. The SMILES string of the molecule is CCOc1cccc2sc(N(CCCN(C)C)C(=O)c3ccccc3S(C)(=O)=O)nc12. The van der Waals surface area contributed by atoms with E-state index in [0.717, 1.165) is 17.5 Å². The Hall–Kier alpha value is -2.49. The van der Waals surface area contributed by atoms with Gasteiger partial charge in [0.25, 0.3) is 5.91 Å². The molecule has 0 radical (unpaired) electrons. The van der Waals surface area contributed by atoms with E-state index in [-0.39, 0.29) is 16.4 Å². The van der Waals surface area contributed by atoms with E-state index in [0.29, 0.717) is 36.0 Å². The maximum absolute atomic E-state index is 13.6. The van der Waals surface area contributed by atoms with Gasteiger partial charge in [-0.05, 0) is 58.3 Å². The summed E-state index contributed by atoms with van der Waals surface area (Å²) < 4.78 is 31.1. The standard InChI is InChI=1S/C22H27N3O4S2/c1-5-29-17-11-8-12-18-20(17)23-22(30-18)25(15-9-14-24(2)3)21(26)16-10-6-7-13-19(16)31(4,27)28/h6-8,10-13H,5,9,14-15H2,1-4H3. The van der Waals surface area contributed by atoms with Gasteiger partial charge in [-0.1, -0.05) is 29.5 Å². The van der Waals surface area contributed by atoms with E-state index in [9.17, 15) is 13.2 Å². The monoisotopic (exact) mass is 461 g/mol. The maximum Gasteiger partial charge on any atom is 0.261 e. The van der Waals surface area contributed by atoms with Crippen LogP contribution in [0, 0.1) is 0 Å². The number of fused-ring (bicyclic) bond motifs is 1. The number of benzene rings is 2. The normalized spacial score (nSPS) is 11.8.